The molecular formula is C17H19FN2O2. The lowest BCUT2D eigenvalue weighted by atomic mass is 10.1. The SMILES string of the molecule is CC(NCc1ccccc1)(OCc1ccccc1F)C(N)=O. The number of hydrogen-bond donors (Lipinski definition) is 2. The molecule has 0 saturated carbocycles. The number of hydrogen-bond acceptors (Lipinski definition) is 3. The first-order chi connectivity index (χ1) is 10.5. The number of rotatable bonds is 7. The molecule has 2 aromatic rings. The molecule has 0 aliphatic carbocycles. The molecule has 0 radical (unpaired) electrons. The van der Waals surface area contributed by atoms with Gasteiger partial charge in [0.05, 0.1) is 6.61 Å². The molecule has 1 unspecified atom stereocenters. The van der Waals surface area contributed by atoms with E-state index in [1.165, 1.54) is 6.07 Å². The minimum absolute atomic E-state index is 0.0477. The van der Waals surface area contributed by atoms with Crippen LogP contribution in [0.25, 0.3) is 0 Å². The average molecular weight is 302 g/mol. The van der Waals surface area contributed by atoms with Crippen LogP contribution < -0.4 is 11.1 Å². The fourth-order valence-corrected chi connectivity index (χ4v) is 1.91. The summed E-state index contributed by atoms with van der Waals surface area (Å²) in [6.07, 6.45) is 0. The third-order valence-corrected chi connectivity index (χ3v) is 3.42. The number of primary amides is 1. The zero-order valence-corrected chi connectivity index (χ0v) is 12.4. The summed E-state index contributed by atoms with van der Waals surface area (Å²) in [5, 5.41) is 2.98. The Hall–Kier alpha value is -2.24. The molecule has 116 valence electrons. The van der Waals surface area contributed by atoms with Gasteiger partial charge in [-0.15, -0.1) is 0 Å². The van der Waals surface area contributed by atoms with E-state index in [1.807, 2.05) is 30.3 Å². The maximum absolute atomic E-state index is 13.6. The number of nitrogens with one attached hydrogen (secondary N) is 1. The fourth-order valence-electron chi connectivity index (χ4n) is 1.91. The molecule has 0 aliphatic rings. The van der Waals surface area contributed by atoms with E-state index < -0.39 is 11.6 Å². The summed E-state index contributed by atoms with van der Waals surface area (Å²) in [6.45, 7) is 1.91. The second-order valence-corrected chi connectivity index (χ2v) is 5.12. The lowest BCUT2D eigenvalue weighted by Gasteiger charge is -2.28. The van der Waals surface area contributed by atoms with Gasteiger partial charge in [-0.3, -0.25) is 10.1 Å². The van der Waals surface area contributed by atoms with Crippen molar-refractivity contribution in [2.45, 2.75) is 25.8 Å². The van der Waals surface area contributed by atoms with Gasteiger partial charge in [-0.2, -0.15) is 0 Å². The second kappa shape index (κ2) is 7.15. The third-order valence-electron chi connectivity index (χ3n) is 3.42. The van der Waals surface area contributed by atoms with E-state index in [1.54, 1.807) is 25.1 Å². The van der Waals surface area contributed by atoms with E-state index in [2.05, 4.69) is 5.32 Å². The van der Waals surface area contributed by atoms with Crippen LogP contribution in [0.15, 0.2) is 54.6 Å². The summed E-state index contributed by atoms with van der Waals surface area (Å²) < 4.78 is 19.2. The Kier molecular flexibility index (Phi) is 5.25. The zero-order valence-electron chi connectivity index (χ0n) is 12.4. The molecule has 0 fully saturated rings. The van der Waals surface area contributed by atoms with Crippen molar-refractivity contribution in [2.75, 3.05) is 0 Å². The number of benzene rings is 2. The van der Waals surface area contributed by atoms with E-state index in [4.69, 9.17) is 10.5 Å². The van der Waals surface area contributed by atoms with Crippen molar-refractivity contribution in [1.82, 2.24) is 5.32 Å². The summed E-state index contributed by atoms with van der Waals surface area (Å²) >= 11 is 0. The van der Waals surface area contributed by atoms with Gasteiger partial charge in [0, 0.05) is 12.1 Å². The van der Waals surface area contributed by atoms with E-state index in [0.717, 1.165) is 5.56 Å². The zero-order chi connectivity index (χ0) is 16.0. The van der Waals surface area contributed by atoms with Crippen molar-refractivity contribution in [1.29, 1.82) is 0 Å². The molecule has 0 spiro atoms. The molecule has 2 aromatic carbocycles. The Morgan fingerprint density at radius 2 is 1.82 bits per heavy atom. The third kappa shape index (κ3) is 4.13. The largest absolute Gasteiger partial charge is 0.366 e. The Morgan fingerprint density at radius 1 is 1.18 bits per heavy atom. The first kappa shape index (κ1) is 16.1. The minimum atomic E-state index is -1.38. The van der Waals surface area contributed by atoms with Crippen LogP contribution in [-0.4, -0.2) is 11.6 Å². The summed E-state index contributed by atoms with van der Waals surface area (Å²) in [4.78, 5) is 11.7. The number of carbonyl (C=O) groups excluding carboxylic acids is 1. The lowest BCUT2D eigenvalue weighted by Crippen LogP contribution is -2.54. The smallest absolute Gasteiger partial charge is 0.264 e. The fraction of sp³-hybridized carbons (Fsp3) is 0.235. The molecule has 0 saturated heterocycles. The van der Waals surface area contributed by atoms with Gasteiger partial charge in [0.2, 0.25) is 0 Å². The molecule has 0 aromatic heterocycles. The number of nitrogens with two attached hydrogens (primary N) is 1. The topological polar surface area (TPSA) is 64.3 Å². The van der Waals surface area contributed by atoms with E-state index in [9.17, 15) is 9.18 Å². The Bertz CT molecular complexity index is 634. The highest BCUT2D eigenvalue weighted by atomic mass is 19.1. The Balaban J connectivity index is 2.02. The van der Waals surface area contributed by atoms with Gasteiger partial charge < -0.3 is 10.5 Å². The van der Waals surface area contributed by atoms with Gasteiger partial charge in [-0.1, -0.05) is 48.5 Å². The molecule has 1 atom stereocenters. The van der Waals surface area contributed by atoms with E-state index in [-0.39, 0.29) is 12.4 Å². The molecule has 2 rings (SSSR count). The van der Waals surface area contributed by atoms with Crippen LogP contribution in [0.3, 0.4) is 0 Å². The van der Waals surface area contributed by atoms with Gasteiger partial charge in [0.15, 0.2) is 5.72 Å². The van der Waals surface area contributed by atoms with Crippen LogP contribution in [0, 0.1) is 5.82 Å². The number of amides is 1. The van der Waals surface area contributed by atoms with Crippen molar-refractivity contribution in [2.24, 2.45) is 5.73 Å². The highest BCUT2D eigenvalue weighted by molar-refractivity contribution is 5.82. The average Bonchev–Trinajstić information content (AvgIpc) is 2.53. The van der Waals surface area contributed by atoms with Crippen LogP contribution >= 0.6 is 0 Å². The molecular weight excluding hydrogens is 283 g/mol. The van der Waals surface area contributed by atoms with Crippen LogP contribution in [0.5, 0.6) is 0 Å². The Morgan fingerprint density at radius 3 is 2.45 bits per heavy atom. The van der Waals surface area contributed by atoms with Crippen LogP contribution in [-0.2, 0) is 22.7 Å². The first-order valence-corrected chi connectivity index (χ1v) is 6.97. The van der Waals surface area contributed by atoms with Crippen molar-refractivity contribution in [3.8, 4) is 0 Å². The normalized spacial score (nSPS) is 13.5. The van der Waals surface area contributed by atoms with Gasteiger partial charge in [-0.25, -0.2) is 4.39 Å². The van der Waals surface area contributed by atoms with Crippen LogP contribution in [0.2, 0.25) is 0 Å². The predicted molar refractivity (Wildman–Crippen MR) is 82.1 cm³/mol. The molecule has 4 nitrogen and oxygen atoms in total. The van der Waals surface area contributed by atoms with Crippen molar-refractivity contribution < 1.29 is 13.9 Å². The highest BCUT2D eigenvalue weighted by Crippen LogP contribution is 2.14. The molecule has 0 bridgehead atoms. The second-order valence-electron chi connectivity index (χ2n) is 5.12. The molecule has 5 heteroatoms. The summed E-state index contributed by atoms with van der Waals surface area (Å²) in [5.74, 6) is -1.03. The van der Waals surface area contributed by atoms with E-state index in [0.29, 0.717) is 12.1 Å². The highest BCUT2D eigenvalue weighted by Gasteiger charge is 2.31. The molecule has 22 heavy (non-hydrogen) atoms. The summed E-state index contributed by atoms with van der Waals surface area (Å²) in [5.41, 5.74) is 5.40. The number of halogens is 1. The van der Waals surface area contributed by atoms with Crippen molar-refractivity contribution >= 4 is 5.91 Å². The van der Waals surface area contributed by atoms with Gasteiger partial charge in [-0.05, 0) is 18.6 Å². The van der Waals surface area contributed by atoms with Crippen molar-refractivity contribution in [3.05, 3.63) is 71.5 Å². The Labute approximate surface area is 129 Å². The van der Waals surface area contributed by atoms with Gasteiger partial charge in [0.25, 0.3) is 5.91 Å². The maximum atomic E-state index is 13.6. The van der Waals surface area contributed by atoms with Gasteiger partial charge >= 0.3 is 0 Å². The van der Waals surface area contributed by atoms with Crippen LogP contribution in [0.1, 0.15) is 18.1 Å². The maximum Gasteiger partial charge on any atom is 0.264 e. The number of carbonyl (C=O) groups is 1. The van der Waals surface area contributed by atoms with E-state index >= 15 is 0 Å². The molecule has 1 amide bonds. The summed E-state index contributed by atoms with van der Waals surface area (Å²) in [7, 11) is 0. The lowest BCUT2D eigenvalue weighted by molar-refractivity contribution is -0.148. The van der Waals surface area contributed by atoms with Crippen LogP contribution in [0.4, 0.5) is 4.39 Å². The first-order valence-electron chi connectivity index (χ1n) is 6.97. The predicted octanol–water partition coefficient (Wildman–Crippen LogP) is 2.33. The number of ether oxygens (including phenoxy) is 1. The monoisotopic (exact) mass is 302 g/mol. The minimum Gasteiger partial charge on any atom is -0.366 e. The molecule has 0 aliphatic heterocycles. The summed E-state index contributed by atoms with van der Waals surface area (Å²) in [6, 6.07) is 15.8. The molecule has 3 N–H and O–H groups in total. The van der Waals surface area contributed by atoms with Crippen molar-refractivity contribution in [3.63, 3.8) is 0 Å². The molecule has 0 heterocycles. The standard InChI is InChI=1S/C17H19FN2O2/c1-17(16(19)21,20-11-13-7-3-2-4-8-13)22-12-14-9-5-6-10-15(14)18/h2-10,20H,11-12H2,1H3,(H2,19,21). The quantitative estimate of drug-likeness (QED) is 0.772. The van der Waals surface area contributed by atoms with Gasteiger partial charge in [0.1, 0.15) is 5.82 Å².